The number of hydrogen-bond acceptors (Lipinski definition) is 5. The first-order valence-electron chi connectivity index (χ1n) is 7.66. The summed E-state index contributed by atoms with van der Waals surface area (Å²) in [4.78, 5) is 25.0. The zero-order valence-electron chi connectivity index (χ0n) is 13.4. The molecule has 0 aromatic heterocycles. The van der Waals surface area contributed by atoms with Gasteiger partial charge in [0.2, 0.25) is 0 Å². The van der Waals surface area contributed by atoms with Crippen LogP contribution in [0, 0.1) is 5.82 Å². The highest BCUT2D eigenvalue weighted by Crippen LogP contribution is 2.33. The molecule has 0 spiro atoms. The average Bonchev–Trinajstić information content (AvgIpc) is 2.85. The number of nitrogens with one attached hydrogen (secondary N) is 1. The predicted octanol–water partition coefficient (Wildman–Crippen LogP) is 2.93. The zero-order chi connectivity index (χ0) is 18.7. The largest absolute Gasteiger partial charge is 0.455 e. The Bertz CT molecular complexity index is 901. The number of carbonyl (C=O) groups is 2. The molecule has 2 aromatic rings. The summed E-state index contributed by atoms with van der Waals surface area (Å²) in [5, 5.41) is 12.1. The molecular formula is C18H14ClFN2O4. The lowest BCUT2D eigenvalue weighted by molar-refractivity contribution is -0.137. The second-order valence-electron chi connectivity index (χ2n) is 5.40. The molecule has 0 radical (unpaired) electrons. The summed E-state index contributed by atoms with van der Waals surface area (Å²) < 4.78 is 19.0. The second kappa shape index (κ2) is 7.55. The van der Waals surface area contributed by atoms with Crippen molar-refractivity contribution in [2.24, 2.45) is 0 Å². The summed E-state index contributed by atoms with van der Waals surface area (Å²) >= 11 is 6.00. The Kier molecular flexibility index (Phi) is 5.20. The molecule has 0 atom stereocenters. The lowest BCUT2D eigenvalue weighted by Gasteiger charge is -2.15. The van der Waals surface area contributed by atoms with E-state index in [1.807, 2.05) is 0 Å². The highest BCUT2D eigenvalue weighted by molar-refractivity contribution is 6.31. The van der Waals surface area contributed by atoms with E-state index in [9.17, 15) is 14.0 Å². The molecule has 1 aliphatic rings. The fourth-order valence-corrected chi connectivity index (χ4v) is 2.57. The van der Waals surface area contributed by atoms with Crippen molar-refractivity contribution in [1.29, 1.82) is 0 Å². The third kappa shape index (κ3) is 3.84. The fourth-order valence-electron chi connectivity index (χ4n) is 2.40. The quantitative estimate of drug-likeness (QED) is 0.758. The van der Waals surface area contributed by atoms with E-state index in [0.717, 1.165) is 11.0 Å². The summed E-state index contributed by atoms with van der Waals surface area (Å²) in [6.07, 6.45) is 1.13. The maximum Gasteiger partial charge on any atom is 0.277 e. The van der Waals surface area contributed by atoms with Crippen LogP contribution in [0.25, 0.3) is 0 Å². The van der Waals surface area contributed by atoms with Crippen molar-refractivity contribution in [2.45, 2.75) is 0 Å². The summed E-state index contributed by atoms with van der Waals surface area (Å²) in [5.74, 6) is -0.992. The SMILES string of the molecule is O=C1C=C(Nc2cc(Cl)ccc2Oc2cccc(F)c2)C(=O)N1CCO. The number of benzene rings is 2. The van der Waals surface area contributed by atoms with Crippen molar-refractivity contribution in [3.8, 4) is 11.5 Å². The third-order valence-electron chi connectivity index (χ3n) is 3.57. The first-order chi connectivity index (χ1) is 12.5. The Morgan fingerprint density at radius 2 is 2.00 bits per heavy atom. The lowest BCUT2D eigenvalue weighted by atomic mass is 10.2. The third-order valence-corrected chi connectivity index (χ3v) is 3.80. The van der Waals surface area contributed by atoms with Gasteiger partial charge in [0.25, 0.3) is 11.8 Å². The molecule has 1 aliphatic heterocycles. The number of rotatable bonds is 6. The van der Waals surface area contributed by atoms with Gasteiger partial charge in [-0.3, -0.25) is 14.5 Å². The molecule has 2 N–H and O–H groups in total. The second-order valence-corrected chi connectivity index (χ2v) is 5.84. The van der Waals surface area contributed by atoms with Gasteiger partial charge in [-0.25, -0.2) is 4.39 Å². The molecule has 8 heteroatoms. The predicted molar refractivity (Wildman–Crippen MR) is 93.4 cm³/mol. The smallest absolute Gasteiger partial charge is 0.277 e. The highest BCUT2D eigenvalue weighted by Gasteiger charge is 2.31. The van der Waals surface area contributed by atoms with Crippen LogP contribution in [0.15, 0.2) is 54.2 Å². The summed E-state index contributed by atoms with van der Waals surface area (Å²) in [5.41, 5.74) is 0.356. The van der Waals surface area contributed by atoms with Crippen LogP contribution < -0.4 is 10.1 Å². The Labute approximate surface area is 153 Å². The van der Waals surface area contributed by atoms with E-state index in [0.29, 0.717) is 16.5 Å². The van der Waals surface area contributed by atoms with Crippen LogP contribution >= 0.6 is 11.6 Å². The van der Waals surface area contributed by atoms with E-state index in [2.05, 4.69) is 5.32 Å². The van der Waals surface area contributed by atoms with E-state index in [4.69, 9.17) is 21.4 Å². The monoisotopic (exact) mass is 376 g/mol. The van der Waals surface area contributed by atoms with Gasteiger partial charge in [0, 0.05) is 17.2 Å². The Hall–Kier alpha value is -2.90. The standard InChI is InChI=1S/C18H14ClFN2O4/c19-11-4-5-16(26-13-3-1-2-12(20)9-13)14(8-11)21-15-10-17(24)22(6-7-23)18(15)25/h1-5,8-10,21,23H,6-7H2. The van der Waals surface area contributed by atoms with Crippen LogP contribution in [0.4, 0.5) is 10.1 Å². The van der Waals surface area contributed by atoms with Crippen LogP contribution in [0.5, 0.6) is 11.5 Å². The zero-order valence-corrected chi connectivity index (χ0v) is 14.2. The van der Waals surface area contributed by atoms with Gasteiger partial charge in [0.15, 0.2) is 5.75 Å². The van der Waals surface area contributed by atoms with E-state index < -0.39 is 17.6 Å². The molecule has 0 aliphatic carbocycles. The van der Waals surface area contributed by atoms with Crippen molar-refractivity contribution in [3.05, 3.63) is 65.1 Å². The van der Waals surface area contributed by atoms with Gasteiger partial charge in [-0.1, -0.05) is 17.7 Å². The minimum absolute atomic E-state index is 0.0230. The van der Waals surface area contributed by atoms with Gasteiger partial charge in [-0.15, -0.1) is 0 Å². The molecule has 26 heavy (non-hydrogen) atoms. The fraction of sp³-hybridized carbons (Fsp3) is 0.111. The highest BCUT2D eigenvalue weighted by atomic mass is 35.5. The van der Waals surface area contributed by atoms with Gasteiger partial charge in [0.05, 0.1) is 18.8 Å². The molecule has 0 saturated carbocycles. The number of carbonyl (C=O) groups excluding carboxylic acids is 2. The Morgan fingerprint density at radius 3 is 2.73 bits per heavy atom. The Morgan fingerprint density at radius 1 is 1.19 bits per heavy atom. The molecule has 0 bridgehead atoms. The Balaban J connectivity index is 1.86. The number of ether oxygens (including phenoxy) is 1. The van der Waals surface area contributed by atoms with Crippen LogP contribution in [0.1, 0.15) is 0 Å². The van der Waals surface area contributed by atoms with Gasteiger partial charge in [-0.05, 0) is 30.3 Å². The molecular weight excluding hydrogens is 363 g/mol. The molecule has 1 heterocycles. The molecule has 0 saturated heterocycles. The number of aliphatic hydroxyl groups is 1. The lowest BCUT2D eigenvalue weighted by Crippen LogP contribution is -2.34. The number of imide groups is 1. The van der Waals surface area contributed by atoms with Gasteiger partial charge < -0.3 is 15.2 Å². The number of aliphatic hydroxyl groups excluding tert-OH is 1. The van der Waals surface area contributed by atoms with E-state index in [1.165, 1.54) is 24.3 Å². The number of β-amino-alcohol motifs (C(OH)–C–C–N with tert-alkyl or cyclic N) is 1. The summed E-state index contributed by atoms with van der Waals surface area (Å²) in [6, 6.07) is 10.2. The van der Waals surface area contributed by atoms with Gasteiger partial charge >= 0.3 is 0 Å². The summed E-state index contributed by atoms with van der Waals surface area (Å²) in [7, 11) is 0. The van der Waals surface area contributed by atoms with Crippen LogP contribution in [-0.2, 0) is 9.59 Å². The van der Waals surface area contributed by atoms with Crippen molar-refractivity contribution in [1.82, 2.24) is 4.90 Å². The maximum atomic E-state index is 13.3. The molecule has 2 amide bonds. The molecule has 3 rings (SSSR count). The minimum atomic E-state index is -0.569. The average molecular weight is 377 g/mol. The van der Waals surface area contributed by atoms with Crippen molar-refractivity contribution in [3.63, 3.8) is 0 Å². The molecule has 0 fully saturated rings. The first-order valence-corrected chi connectivity index (χ1v) is 8.04. The van der Waals surface area contributed by atoms with Crippen LogP contribution in [0.2, 0.25) is 5.02 Å². The normalized spacial score (nSPS) is 13.8. The van der Waals surface area contributed by atoms with Crippen LogP contribution in [-0.4, -0.2) is 35.0 Å². The summed E-state index contributed by atoms with van der Waals surface area (Å²) in [6.45, 7) is -0.425. The first kappa shape index (κ1) is 17.9. The maximum absolute atomic E-state index is 13.3. The number of anilines is 1. The van der Waals surface area contributed by atoms with E-state index >= 15 is 0 Å². The molecule has 6 nitrogen and oxygen atoms in total. The van der Waals surface area contributed by atoms with Gasteiger partial charge in [-0.2, -0.15) is 0 Å². The van der Waals surface area contributed by atoms with Crippen LogP contribution in [0.3, 0.4) is 0 Å². The molecule has 134 valence electrons. The van der Waals surface area contributed by atoms with Gasteiger partial charge in [0.1, 0.15) is 17.3 Å². The molecule has 0 unspecified atom stereocenters. The number of hydrogen-bond donors (Lipinski definition) is 2. The molecule has 2 aromatic carbocycles. The number of halogens is 2. The van der Waals surface area contributed by atoms with E-state index in [-0.39, 0.29) is 24.6 Å². The van der Waals surface area contributed by atoms with Crippen molar-refractivity contribution >= 4 is 29.1 Å². The number of nitrogens with zero attached hydrogens (tertiary/aromatic N) is 1. The van der Waals surface area contributed by atoms with Crippen molar-refractivity contribution in [2.75, 3.05) is 18.5 Å². The topological polar surface area (TPSA) is 78.9 Å². The minimum Gasteiger partial charge on any atom is -0.455 e. The number of amides is 2. The van der Waals surface area contributed by atoms with E-state index in [1.54, 1.807) is 18.2 Å². The van der Waals surface area contributed by atoms with Crippen molar-refractivity contribution < 1.29 is 23.8 Å².